The van der Waals surface area contributed by atoms with Crippen LogP contribution in [0.25, 0.3) is 0 Å². The highest BCUT2D eigenvalue weighted by atomic mass is 79.9. The Labute approximate surface area is 124 Å². The van der Waals surface area contributed by atoms with Crippen LogP contribution in [-0.2, 0) is 4.79 Å². The molecule has 6 heteroatoms. The quantitative estimate of drug-likeness (QED) is 0.925. The molecule has 1 amide bonds. The van der Waals surface area contributed by atoms with E-state index in [0.29, 0.717) is 10.9 Å². The molecular weight excluding hydrogens is 328 g/mol. The van der Waals surface area contributed by atoms with Gasteiger partial charge in [-0.25, -0.2) is 4.98 Å². The van der Waals surface area contributed by atoms with Crippen molar-refractivity contribution >= 4 is 38.3 Å². The lowest BCUT2D eigenvalue weighted by Crippen LogP contribution is -2.20. The van der Waals surface area contributed by atoms with Gasteiger partial charge in [0.25, 0.3) is 5.91 Å². The van der Waals surface area contributed by atoms with E-state index in [1.54, 1.807) is 12.1 Å². The molecule has 0 aliphatic carbocycles. The lowest BCUT2D eigenvalue weighted by atomic mass is 10.3. The van der Waals surface area contributed by atoms with Gasteiger partial charge in [-0.15, -0.1) is 11.3 Å². The van der Waals surface area contributed by atoms with Gasteiger partial charge in [-0.05, 0) is 38.1 Å². The zero-order valence-electron chi connectivity index (χ0n) is 10.6. The number of anilines is 1. The molecule has 1 heterocycles. The molecule has 2 aromatic rings. The molecule has 100 valence electrons. The van der Waals surface area contributed by atoms with E-state index < -0.39 is 0 Å². The van der Waals surface area contributed by atoms with E-state index >= 15 is 0 Å². The van der Waals surface area contributed by atoms with Gasteiger partial charge in [0.15, 0.2) is 11.7 Å². The van der Waals surface area contributed by atoms with Crippen LogP contribution in [0.1, 0.15) is 10.6 Å². The summed E-state index contributed by atoms with van der Waals surface area (Å²) >= 11 is 4.80. The molecule has 0 saturated carbocycles. The number of rotatable bonds is 4. The van der Waals surface area contributed by atoms with Gasteiger partial charge in [-0.2, -0.15) is 0 Å². The van der Waals surface area contributed by atoms with Gasteiger partial charge in [0.05, 0.1) is 5.69 Å². The van der Waals surface area contributed by atoms with Gasteiger partial charge < -0.3 is 4.74 Å². The highest BCUT2D eigenvalue weighted by molar-refractivity contribution is 9.10. The van der Waals surface area contributed by atoms with Crippen molar-refractivity contribution in [1.82, 2.24) is 4.98 Å². The van der Waals surface area contributed by atoms with Crippen LogP contribution < -0.4 is 10.1 Å². The van der Waals surface area contributed by atoms with Crippen LogP contribution >= 0.6 is 27.3 Å². The SMILES string of the molecule is Cc1nc(NC(=O)COc2ccc(Br)cc2)sc1C. The molecule has 0 aliphatic rings. The Morgan fingerprint density at radius 2 is 2.05 bits per heavy atom. The lowest BCUT2D eigenvalue weighted by Gasteiger charge is -2.05. The monoisotopic (exact) mass is 340 g/mol. The summed E-state index contributed by atoms with van der Waals surface area (Å²) in [6.07, 6.45) is 0. The third kappa shape index (κ3) is 4.04. The van der Waals surface area contributed by atoms with E-state index in [9.17, 15) is 4.79 Å². The lowest BCUT2D eigenvalue weighted by molar-refractivity contribution is -0.118. The molecule has 1 aromatic heterocycles. The fourth-order valence-electron chi connectivity index (χ4n) is 1.36. The molecule has 0 saturated heterocycles. The smallest absolute Gasteiger partial charge is 0.264 e. The van der Waals surface area contributed by atoms with Gasteiger partial charge >= 0.3 is 0 Å². The number of aromatic nitrogens is 1. The number of benzene rings is 1. The van der Waals surface area contributed by atoms with Crippen LogP contribution in [-0.4, -0.2) is 17.5 Å². The molecule has 19 heavy (non-hydrogen) atoms. The van der Waals surface area contributed by atoms with Gasteiger partial charge in [0, 0.05) is 9.35 Å². The maximum absolute atomic E-state index is 11.7. The molecule has 1 aromatic carbocycles. The predicted molar refractivity (Wildman–Crippen MR) is 79.9 cm³/mol. The molecule has 4 nitrogen and oxygen atoms in total. The molecule has 0 fully saturated rings. The van der Waals surface area contributed by atoms with Gasteiger partial charge in [0.2, 0.25) is 0 Å². The number of thiazole rings is 1. The molecule has 2 rings (SSSR count). The van der Waals surface area contributed by atoms with E-state index in [0.717, 1.165) is 15.0 Å². The van der Waals surface area contributed by atoms with E-state index in [1.807, 2.05) is 26.0 Å². The summed E-state index contributed by atoms with van der Waals surface area (Å²) in [6.45, 7) is 3.86. The van der Waals surface area contributed by atoms with Crippen molar-refractivity contribution in [2.24, 2.45) is 0 Å². The Kier molecular flexibility index (Phi) is 4.55. The van der Waals surface area contributed by atoms with Gasteiger partial charge in [-0.3, -0.25) is 10.1 Å². The average Bonchev–Trinajstić information content (AvgIpc) is 2.67. The zero-order valence-corrected chi connectivity index (χ0v) is 13.0. The van der Waals surface area contributed by atoms with Crippen molar-refractivity contribution in [3.8, 4) is 5.75 Å². The summed E-state index contributed by atoms with van der Waals surface area (Å²) in [5, 5.41) is 3.33. The summed E-state index contributed by atoms with van der Waals surface area (Å²) in [5.41, 5.74) is 0.939. The molecule has 0 spiro atoms. The first kappa shape index (κ1) is 14.0. The Balaban J connectivity index is 1.86. The second-order valence-corrected chi connectivity index (χ2v) is 6.07. The number of hydrogen-bond acceptors (Lipinski definition) is 4. The van der Waals surface area contributed by atoms with Crippen molar-refractivity contribution in [3.05, 3.63) is 39.3 Å². The number of hydrogen-bond donors (Lipinski definition) is 1. The van der Waals surface area contributed by atoms with Crippen LogP contribution in [0.5, 0.6) is 5.75 Å². The first-order chi connectivity index (χ1) is 9.04. The molecule has 0 unspecified atom stereocenters. The number of aryl methyl sites for hydroxylation is 2. The molecule has 0 atom stereocenters. The highest BCUT2D eigenvalue weighted by Crippen LogP contribution is 2.21. The van der Waals surface area contributed by atoms with Crippen LogP contribution in [0.2, 0.25) is 0 Å². The Morgan fingerprint density at radius 1 is 1.37 bits per heavy atom. The van der Waals surface area contributed by atoms with E-state index in [4.69, 9.17) is 4.74 Å². The Morgan fingerprint density at radius 3 is 2.63 bits per heavy atom. The Hall–Kier alpha value is -1.40. The van der Waals surface area contributed by atoms with Crippen molar-refractivity contribution in [2.75, 3.05) is 11.9 Å². The number of amides is 1. The average molecular weight is 341 g/mol. The van der Waals surface area contributed by atoms with Crippen LogP contribution in [0.3, 0.4) is 0 Å². The Bertz CT molecular complexity index is 561. The molecule has 0 bridgehead atoms. The summed E-state index contributed by atoms with van der Waals surface area (Å²) in [7, 11) is 0. The number of nitrogens with zero attached hydrogens (tertiary/aromatic N) is 1. The molecule has 1 N–H and O–H groups in total. The van der Waals surface area contributed by atoms with Crippen LogP contribution in [0.4, 0.5) is 5.13 Å². The van der Waals surface area contributed by atoms with Gasteiger partial charge in [-0.1, -0.05) is 15.9 Å². The van der Waals surface area contributed by atoms with E-state index in [1.165, 1.54) is 11.3 Å². The highest BCUT2D eigenvalue weighted by Gasteiger charge is 2.08. The van der Waals surface area contributed by atoms with Gasteiger partial charge in [0.1, 0.15) is 5.75 Å². The summed E-state index contributed by atoms with van der Waals surface area (Å²) in [4.78, 5) is 17.0. The number of nitrogens with one attached hydrogen (secondary N) is 1. The fourth-order valence-corrected chi connectivity index (χ4v) is 2.46. The maximum atomic E-state index is 11.7. The van der Waals surface area contributed by atoms with Crippen molar-refractivity contribution in [1.29, 1.82) is 0 Å². The minimum absolute atomic E-state index is 0.0285. The van der Waals surface area contributed by atoms with Crippen molar-refractivity contribution < 1.29 is 9.53 Å². The topological polar surface area (TPSA) is 51.2 Å². The summed E-state index contributed by atoms with van der Waals surface area (Å²) in [6, 6.07) is 7.33. The minimum atomic E-state index is -0.211. The van der Waals surface area contributed by atoms with E-state index in [-0.39, 0.29) is 12.5 Å². The van der Waals surface area contributed by atoms with Crippen molar-refractivity contribution in [3.63, 3.8) is 0 Å². The normalized spacial score (nSPS) is 10.3. The summed E-state index contributed by atoms with van der Waals surface area (Å²) in [5.74, 6) is 0.446. The maximum Gasteiger partial charge on any atom is 0.264 e. The van der Waals surface area contributed by atoms with Crippen LogP contribution in [0, 0.1) is 13.8 Å². The molecule has 0 radical (unpaired) electrons. The predicted octanol–water partition coefficient (Wildman–Crippen LogP) is 3.54. The zero-order chi connectivity index (χ0) is 13.8. The largest absolute Gasteiger partial charge is 0.484 e. The second-order valence-electron chi connectivity index (χ2n) is 3.95. The fraction of sp³-hybridized carbons (Fsp3) is 0.231. The van der Waals surface area contributed by atoms with E-state index in [2.05, 4.69) is 26.2 Å². The first-order valence-electron chi connectivity index (χ1n) is 5.67. The summed E-state index contributed by atoms with van der Waals surface area (Å²) < 4.78 is 6.35. The number of ether oxygens (including phenoxy) is 1. The molecule has 0 aliphatic heterocycles. The number of carbonyl (C=O) groups is 1. The number of halogens is 1. The third-order valence-electron chi connectivity index (χ3n) is 2.46. The molecular formula is C13H13BrN2O2S. The third-order valence-corrected chi connectivity index (χ3v) is 3.98. The van der Waals surface area contributed by atoms with Crippen molar-refractivity contribution in [2.45, 2.75) is 13.8 Å². The standard InChI is InChI=1S/C13H13BrN2O2S/c1-8-9(2)19-13(15-8)16-12(17)7-18-11-5-3-10(14)4-6-11/h3-6H,7H2,1-2H3,(H,15,16,17). The number of carbonyl (C=O) groups excluding carboxylic acids is 1. The minimum Gasteiger partial charge on any atom is -0.484 e. The first-order valence-corrected chi connectivity index (χ1v) is 7.28. The second kappa shape index (κ2) is 6.16. The van der Waals surface area contributed by atoms with Crippen LogP contribution in [0.15, 0.2) is 28.7 Å².